The summed E-state index contributed by atoms with van der Waals surface area (Å²) in [6, 6.07) is 6.82. The van der Waals surface area contributed by atoms with Crippen molar-refractivity contribution in [1.29, 1.82) is 0 Å². The van der Waals surface area contributed by atoms with Gasteiger partial charge in [0.15, 0.2) is 0 Å². The molecule has 0 aliphatic heterocycles. The fourth-order valence-corrected chi connectivity index (χ4v) is 1.52. The molecule has 0 aliphatic carbocycles. The summed E-state index contributed by atoms with van der Waals surface area (Å²) in [5.41, 5.74) is -0.129. The van der Waals surface area contributed by atoms with Crippen LogP contribution in [0.5, 0.6) is 0 Å². The maximum Gasteiger partial charge on any atom is 0.256 e. The molecule has 6 nitrogen and oxygen atoms in total. The van der Waals surface area contributed by atoms with Crippen LogP contribution in [-0.4, -0.2) is 44.8 Å². The highest BCUT2D eigenvalue weighted by molar-refractivity contribution is 6.05. The van der Waals surface area contributed by atoms with Crippen LogP contribution in [0, 0.1) is 0 Å². The molecule has 0 bridgehead atoms. The molecule has 0 spiro atoms. The summed E-state index contributed by atoms with van der Waals surface area (Å²) in [6.07, 6.45) is 0. The van der Waals surface area contributed by atoms with Crippen LogP contribution < -0.4 is 10.6 Å². The van der Waals surface area contributed by atoms with Crippen LogP contribution in [0.4, 0.5) is 5.69 Å². The summed E-state index contributed by atoms with van der Waals surface area (Å²) in [7, 11) is 3.02. The van der Waals surface area contributed by atoms with Crippen molar-refractivity contribution in [3.8, 4) is 0 Å². The number of anilines is 1. The Hall–Kier alpha value is -1.92. The summed E-state index contributed by atoms with van der Waals surface area (Å²) in [4.78, 5) is 24.2. The Kier molecular flexibility index (Phi) is 6.33. The minimum Gasteiger partial charge on any atom is -0.383 e. The summed E-state index contributed by atoms with van der Waals surface area (Å²) in [5, 5.41) is 5.44. The number of rotatable bonds is 7. The van der Waals surface area contributed by atoms with E-state index in [1.807, 2.05) is 0 Å². The molecule has 1 rings (SSSR count). The van der Waals surface area contributed by atoms with Crippen molar-refractivity contribution in [3.63, 3.8) is 0 Å². The van der Waals surface area contributed by atoms with E-state index in [4.69, 9.17) is 9.47 Å². The Morgan fingerprint density at radius 3 is 2.48 bits per heavy atom. The number of nitrogens with one attached hydrogen (secondary N) is 2. The van der Waals surface area contributed by atoms with Gasteiger partial charge in [-0.15, -0.1) is 0 Å². The molecule has 0 fully saturated rings. The molecule has 1 aromatic carbocycles. The lowest BCUT2D eigenvalue weighted by atomic mass is 10.1. The van der Waals surface area contributed by atoms with Crippen molar-refractivity contribution in [3.05, 3.63) is 29.8 Å². The van der Waals surface area contributed by atoms with E-state index in [1.54, 1.807) is 45.2 Å². The lowest BCUT2D eigenvalue weighted by Gasteiger charge is -2.22. The number of hydrogen-bond donors (Lipinski definition) is 2. The van der Waals surface area contributed by atoms with Crippen LogP contribution in [0.3, 0.4) is 0 Å². The highest BCUT2D eigenvalue weighted by atomic mass is 16.5. The molecule has 1 aromatic rings. The van der Waals surface area contributed by atoms with Crippen LogP contribution in [0.1, 0.15) is 24.2 Å². The van der Waals surface area contributed by atoms with Crippen LogP contribution >= 0.6 is 0 Å². The minimum absolute atomic E-state index is 0.266. The third-order valence-corrected chi connectivity index (χ3v) is 3.07. The molecule has 116 valence electrons. The number of methoxy groups -OCH3 is 2. The SMILES string of the molecule is COCCNC(=O)c1ccccc1NC(=O)C(C)(C)OC. The van der Waals surface area contributed by atoms with Gasteiger partial charge in [0.2, 0.25) is 0 Å². The Bertz CT molecular complexity index is 500. The maximum absolute atomic E-state index is 12.1. The number of benzene rings is 1. The summed E-state index contributed by atoms with van der Waals surface area (Å²) >= 11 is 0. The Labute approximate surface area is 124 Å². The fraction of sp³-hybridized carbons (Fsp3) is 0.467. The maximum atomic E-state index is 12.1. The summed E-state index contributed by atoms with van der Waals surface area (Å²) < 4.78 is 10.0. The average molecular weight is 294 g/mol. The van der Waals surface area contributed by atoms with Crippen LogP contribution in [0.25, 0.3) is 0 Å². The normalized spacial score (nSPS) is 11.0. The second-order valence-electron chi connectivity index (χ2n) is 4.96. The molecule has 2 amide bonds. The van der Waals surface area contributed by atoms with E-state index in [-0.39, 0.29) is 11.8 Å². The fourth-order valence-electron chi connectivity index (χ4n) is 1.52. The molecule has 0 saturated heterocycles. The van der Waals surface area contributed by atoms with E-state index in [0.29, 0.717) is 24.4 Å². The summed E-state index contributed by atoms with van der Waals surface area (Å²) in [6.45, 7) is 4.14. The quantitative estimate of drug-likeness (QED) is 0.746. The Morgan fingerprint density at radius 1 is 1.19 bits per heavy atom. The first-order chi connectivity index (χ1) is 9.92. The van der Waals surface area contributed by atoms with Gasteiger partial charge < -0.3 is 20.1 Å². The van der Waals surface area contributed by atoms with Crippen LogP contribution in [0.15, 0.2) is 24.3 Å². The van der Waals surface area contributed by atoms with Crippen molar-refractivity contribution in [1.82, 2.24) is 5.32 Å². The first-order valence-electron chi connectivity index (χ1n) is 6.65. The third kappa shape index (κ3) is 4.84. The van der Waals surface area contributed by atoms with Gasteiger partial charge in [0.1, 0.15) is 5.60 Å². The molecule has 0 aromatic heterocycles. The zero-order valence-corrected chi connectivity index (χ0v) is 12.9. The smallest absolute Gasteiger partial charge is 0.256 e. The van der Waals surface area contributed by atoms with Gasteiger partial charge in [0, 0.05) is 20.8 Å². The van der Waals surface area contributed by atoms with E-state index >= 15 is 0 Å². The van der Waals surface area contributed by atoms with Gasteiger partial charge in [-0.2, -0.15) is 0 Å². The number of carbonyl (C=O) groups excluding carboxylic acids is 2. The Morgan fingerprint density at radius 2 is 1.86 bits per heavy atom. The van der Waals surface area contributed by atoms with Crippen molar-refractivity contribution in [2.45, 2.75) is 19.4 Å². The second-order valence-corrected chi connectivity index (χ2v) is 4.96. The predicted octanol–water partition coefficient (Wildman–Crippen LogP) is 1.43. The largest absolute Gasteiger partial charge is 0.383 e. The predicted molar refractivity (Wildman–Crippen MR) is 80.4 cm³/mol. The molecule has 0 saturated carbocycles. The number of hydrogen-bond acceptors (Lipinski definition) is 4. The van der Waals surface area contributed by atoms with E-state index in [1.165, 1.54) is 7.11 Å². The van der Waals surface area contributed by atoms with Gasteiger partial charge in [-0.3, -0.25) is 9.59 Å². The average Bonchev–Trinajstić information content (AvgIpc) is 2.47. The van der Waals surface area contributed by atoms with E-state index in [9.17, 15) is 9.59 Å². The van der Waals surface area contributed by atoms with Gasteiger partial charge in [-0.05, 0) is 26.0 Å². The van der Waals surface area contributed by atoms with Crippen LogP contribution in [-0.2, 0) is 14.3 Å². The van der Waals surface area contributed by atoms with E-state index < -0.39 is 5.60 Å². The third-order valence-electron chi connectivity index (χ3n) is 3.07. The topological polar surface area (TPSA) is 76.7 Å². The molecule has 0 unspecified atom stereocenters. The Balaban J connectivity index is 2.84. The molecular formula is C15H22N2O4. The lowest BCUT2D eigenvalue weighted by molar-refractivity contribution is -0.133. The standard InChI is InChI=1S/C15H22N2O4/c1-15(2,21-4)14(19)17-12-8-6-5-7-11(12)13(18)16-9-10-20-3/h5-8H,9-10H2,1-4H3,(H,16,18)(H,17,19). The van der Waals surface area contributed by atoms with E-state index in [2.05, 4.69) is 10.6 Å². The zero-order chi connectivity index (χ0) is 15.9. The number of ether oxygens (including phenoxy) is 2. The van der Waals surface area contributed by atoms with Crippen molar-refractivity contribution < 1.29 is 19.1 Å². The van der Waals surface area contributed by atoms with Gasteiger partial charge in [-0.1, -0.05) is 12.1 Å². The number of para-hydroxylation sites is 1. The lowest BCUT2D eigenvalue weighted by Crippen LogP contribution is -2.39. The highest BCUT2D eigenvalue weighted by Crippen LogP contribution is 2.18. The van der Waals surface area contributed by atoms with E-state index in [0.717, 1.165) is 0 Å². The summed E-state index contributed by atoms with van der Waals surface area (Å²) in [5.74, 6) is -0.583. The molecule has 0 heterocycles. The molecule has 0 atom stereocenters. The monoisotopic (exact) mass is 294 g/mol. The molecule has 21 heavy (non-hydrogen) atoms. The molecular weight excluding hydrogens is 272 g/mol. The molecule has 6 heteroatoms. The highest BCUT2D eigenvalue weighted by Gasteiger charge is 2.27. The first-order valence-corrected chi connectivity index (χ1v) is 6.65. The molecule has 2 N–H and O–H groups in total. The minimum atomic E-state index is -0.973. The van der Waals surface area contributed by atoms with Gasteiger partial charge in [-0.25, -0.2) is 0 Å². The number of amides is 2. The van der Waals surface area contributed by atoms with Gasteiger partial charge in [0.25, 0.3) is 11.8 Å². The van der Waals surface area contributed by atoms with Crippen molar-refractivity contribution >= 4 is 17.5 Å². The van der Waals surface area contributed by atoms with Gasteiger partial charge >= 0.3 is 0 Å². The van der Waals surface area contributed by atoms with Crippen molar-refractivity contribution in [2.24, 2.45) is 0 Å². The zero-order valence-electron chi connectivity index (χ0n) is 12.9. The van der Waals surface area contributed by atoms with Gasteiger partial charge in [0.05, 0.1) is 17.9 Å². The van der Waals surface area contributed by atoms with Crippen molar-refractivity contribution in [2.75, 3.05) is 32.7 Å². The number of carbonyl (C=O) groups is 2. The molecule has 0 aliphatic rings. The van der Waals surface area contributed by atoms with Crippen LogP contribution in [0.2, 0.25) is 0 Å². The first kappa shape index (κ1) is 17.1. The molecule has 0 radical (unpaired) electrons. The second kappa shape index (κ2) is 7.75.